The van der Waals surface area contributed by atoms with Crippen LogP contribution in [0.3, 0.4) is 0 Å². The van der Waals surface area contributed by atoms with E-state index in [0.717, 1.165) is 17.5 Å². The number of nitrogens with zero attached hydrogens (tertiary/aromatic N) is 6. The van der Waals surface area contributed by atoms with Crippen molar-refractivity contribution in [1.29, 1.82) is 0 Å². The third-order valence-corrected chi connectivity index (χ3v) is 9.85. The molecule has 200 valence electrons. The number of rotatable bonds is 7. The maximum absolute atomic E-state index is 14.3. The van der Waals surface area contributed by atoms with E-state index >= 15 is 0 Å². The first kappa shape index (κ1) is 25.1. The van der Waals surface area contributed by atoms with Gasteiger partial charge in [0, 0.05) is 38.0 Å². The van der Waals surface area contributed by atoms with Crippen molar-refractivity contribution in [3.8, 4) is 0 Å². The number of para-hydroxylation sites is 1. The molecule has 0 radical (unpaired) electrons. The number of amides is 3. The molecule has 2 fully saturated rings. The summed E-state index contributed by atoms with van der Waals surface area (Å²) in [5.41, 5.74) is 1.57. The van der Waals surface area contributed by atoms with Gasteiger partial charge in [-0.25, -0.2) is 4.68 Å². The maximum atomic E-state index is 14.3. The Morgan fingerprint density at radius 2 is 1.87 bits per heavy atom. The van der Waals surface area contributed by atoms with Crippen LogP contribution in [0, 0.1) is 11.8 Å². The topological polar surface area (TPSA) is 112 Å². The van der Waals surface area contributed by atoms with Gasteiger partial charge in [-0.2, -0.15) is 0 Å². The number of carbonyl (C=O) groups excluding carboxylic acids is 3. The summed E-state index contributed by atoms with van der Waals surface area (Å²) >= 11 is 1.58. The number of fused-ring (bicyclic) bond motifs is 3. The van der Waals surface area contributed by atoms with Crippen molar-refractivity contribution in [1.82, 2.24) is 29.7 Å². The van der Waals surface area contributed by atoms with Crippen molar-refractivity contribution < 1.29 is 19.5 Å². The molecule has 1 unspecified atom stereocenters. The zero-order valence-electron chi connectivity index (χ0n) is 21.3. The van der Waals surface area contributed by atoms with Gasteiger partial charge in [0.2, 0.25) is 17.7 Å². The molecule has 1 spiro atoms. The highest BCUT2D eigenvalue weighted by Crippen LogP contribution is 2.61. The first-order chi connectivity index (χ1) is 18.5. The number of carbonyl (C=O) groups is 3. The first-order valence-electron chi connectivity index (χ1n) is 13.3. The molecule has 10 nitrogen and oxygen atoms in total. The lowest BCUT2D eigenvalue weighted by atomic mass is 9.78. The molecular formula is C27H32N6O4S. The lowest BCUT2D eigenvalue weighted by molar-refractivity contribution is -0.145. The zero-order chi connectivity index (χ0) is 26.4. The molecule has 38 heavy (non-hydrogen) atoms. The van der Waals surface area contributed by atoms with Crippen LogP contribution in [-0.2, 0) is 21.1 Å². The Morgan fingerprint density at radius 3 is 2.68 bits per heavy atom. The van der Waals surface area contributed by atoms with E-state index in [9.17, 15) is 19.5 Å². The Hall–Kier alpha value is -3.18. The Bertz CT molecular complexity index is 1330. The van der Waals surface area contributed by atoms with Gasteiger partial charge < -0.3 is 19.8 Å². The van der Waals surface area contributed by atoms with Gasteiger partial charge in [-0.15, -0.1) is 16.9 Å². The second-order valence-electron chi connectivity index (χ2n) is 10.3. The molecule has 0 aliphatic carbocycles. The van der Waals surface area contributed by atoms with Crippen LogP contribution in [0.4, 0.5) is 0 Å². The Labute approximate surface area is 225 Å². The lowest BCUT2D eigenvalue weighted by Gasteiger charge is -2.35. The van der Waals surface area contributed by atoms with Crippen molar-refractivity contribution in [3.63, 3.8) is 0 Å². The summed E-state index contributed by atoms with van der Waals surface area (Å²) in [5, 5.41) is 17.9. The number of aromatic nitrogens is 3. The molecule has 1 aromatic carbocycles. The molecule has 3 amide bonds. The van der Waals surface area contributed by atoms with Gasteiger partial charge in [-0.1, -0.05) is 48.6 Å². The van der Waals surface area contributed by atoms with E-state index in [0.29, 0.717) is 26.1 Å². The van der Waals surface area contributed by atoms with Crippen LogP contribution in [-0.4, -0.2) is 101 Å². The molecule has 1 aromatic heterocycles. The van der Waals surface area contributed by atoms with Gasteiger partial charge in [0.1, 0.15) is 18.2 Å². The van der Waals surface area contributed by atoms with Crippen LogP contribution in [0.1, 0.15) is 19.8 Å². The third-order valence-electron chi connectivity index (χ3n) is 8.10. The molecule has 5 heterocycles. The predicted molar refractivity (Wildman–Crippen MR) is 143 cm³/mol. The van der Waals surface area contributed by atoms with Gasteiger partial charge in [0.05, 0.1) is 22.1 Å². The molecule has 5 atom stereocenters. The summed E-state index contributed by atoms with van der Waals surface area (Å²) in [6.07, 6.45) is 9.26. The highest BCUT2D eigenvalue weighted by atomic mass is 32.2. The second kappa shape index (κ2) is 9.85. The van der Waals surface area contributed by atoms with E-state index in [4.69, 9.17) is 0 Å². The fraction of sp³-hybridized carbons (Fsp3) is 0.519. The summed E-state index contributed by atoms with van der Waals surface area (Å²) in [7, 11) is 0. The monoisotopic (exact) mass is 536 g/mol. The van der Waals surface area contributed by atoms with Crippen molar-refractivity contribution >= 4 is 40.5 Å². The van der Waals surface area contributed by atoms with E-state index < -0.39 is 22.6 Å². The molecule has 6 rings (SSSR count). The van der Waals surface area contributed by atoms with Crippen LogP contribution in [0.15, 0.2) is 48.6 Å². The molecule has 11 heteroatoms. The zero-order valence-corrected chi connectivity index (χ0v) is 22.2. The minimum Gasteiger partial charge on any atom is -0.396 e. The Balaban J connectivity index is 1.38. The summed E-state index contributed by atoms with van der Waals surface area (Å²) < 4.78 is 0.847. The Kier molecular flexibility index (Phi) is 6.51. The minimum atomic E-state index is -0.854. The average Bonchev–Trinajstić information content (AvgIpc) is 3.47. The molecule has 0 saturated carbocycles. The van der Waals surface area contributed by atoms with Gasteiger partial charge in [0.15, 0.2) is 0 Å². The quantitative estimate of drug-likeness (QED) is 0.531. The maximum Gasteiger partial charge on any atom is 0.248 e. The molecule has 4 aliphatic rings. The highest BCUT2D eigenvalue weighted by molar-refractivity contribution is 8.02. The molecule has 2 saturated heterocycles. The van der Waals surface area contributed by atoms with Crippen LogP contribution in [0.5, 0.6) is 0 Å². The van der Waals surface area contributed by atoms with Gasteiger partial charge in [-0.05, 0) is 25.0 Å². The largest absolute Gasteiger partial charge is 0.396 e. The number of benzene rings is 1. The van der Waals surface area contributed by atoms with E-state index in [-0.39, 0.29) is 42.8 Å². The van der Waals surface area contributed by atoms with Crippen LogP contribution >= 0.6 is 11.8 Å². The van der Waals surface area contributed by atoms with Crippen LogP contribution in [0.25, 0.3) is 11.0 Å². The molecule has 4 aliphatic heterocycles. The second-order valence-corrected chi connectivity index (χ2v) is 11.8. The van der Waals surface area contributed by atoms with Crippen molar-refractivity contribution in [2.75, 3.05) is 32.8 Å². The van der Waals surface area contributed by atoms with Crippen LogP contribution in [0.2, 0.25) is 0 Å². The smallest absolute Gasteiger partial charge is 0.248 e. The predicted octanol–water partition coefficient (Wildman–Crippen LogP) is 1.28. The Morgan fingerprint density at radius 1 is 1.05 bits per heavy atom. The first-order valence-corrected chi connectivity index (χ1v) is 14.2. The average molecular weight is 537 g/mol. The van der Waals surface area contributed by atoms with Crippen molar-refractivity contribution in [2.45, 2.75) is 42.5 Å². The molecule has 1 N–H and O–H groups in total. The summed E-state index contributed by atoms with van der Waals surface area (Å²) in [4.78, 5) is 47.4. The summed E-state index contributed by atoms with van der Waals surface area (Å²) in [6, 6.07) is 6.82. The fourth-order valence-electron chi connectivity index (χ4n) is 6.50. The van der Waals surface area contributed by atoms with Gasteiger partial charge in [0.25, 0.3) is 0 Å². The minimum absolute atomic E-state index is 0.0108. The van der Waals surface area contributed by atoms with Crippen LogP contribution < -0.4 is 0 Å². The van der Waals surface area contributed by atoms with E-state index in [1.807, 2.05) is 54.3 Å². The van der Waals surface area contributed by atoms with E-state index in [1.165, 1.54) is 0 Å². The number of aliphatic hydroxyl groups is 1. The third kappa shape index (κ3) is 3.78. The fourth-order valence-corrected chi connectivity index (χ4v) is 8.51. The van der Waals surface area contributed by atoms with Crippen molar-refractivity contribution in [3.05, 3.63) is 48.6 Å². The highest BCUT2D eigenvalue weighted by Gasteiger charge is 2.70. The molecular weight excluding hydrogens is 504 g/mol. The number of hydrogen-bond donors (Lipinski definition) is 1. The summed E-state index contributed by atoms with van der Waals surface area (Å²) in [6.45, 7) is 3.95. The van der Waals surface area contributed by atoms with E-state index in [1.54, 1.807) is 26.2 Å². The van der Waals surface area contributed by atoms with Crippen molar-refractivity contribution in [2.24, 2.45) is 11.8 Å². The summed E-state index contributed by atoms with van der Waals surface area (Å²) in [5.74, 6) is -1.52. The number of aliphatic hydroxyl groups excluding tert-OH is 1. The number of thioether (sulfide) groups is 1. The van der Waals surface area contributed by atoms with E-state index in [2.05, 4.69) is 16.4 Å². The lowest BCUT2D eigenvalue weighted by Crippen LogP contribution is -2.53. The standard InChI is InChI=1S/C27H32N6O4S/c1-2-12-30-13-5-10-20-21(24(30)35)22-25(36)32(15-7-16-34)23-26(37)31(14-6-11-27(22,23)38-20)17-33-19-9-4-3-8-18(19)28-29-33/h3-6,8-11,20-23,34H,2,7,12-17H2,1H3/t20-,21+,22+,23?,27+/m1/s1. The van der Waals surface area contributed by atoms with Gasteiger partial charge in [-0.3, -0.25) is 14.4 Å². The SMILES string of the molecule is CCCN1CC=C[C@H]2S[C@]34C=CCN(Cn5nnc6ccccc65)C(=O)C3N(CCCO)C(=O)[C@@H]4[C@H]2C1=O. The molecule has 0 bridgehead atoms. The number of hydrogen-bond acceptors (Lipinski definition) is 7. The normalized spacial score (nSPS) is 30.6. The van der Waals surface area contributed by atoms with Gasteiger partial charge >= 0.3 is 0 Å². The molecule has 2 aromatic rings. The number of likely N-dealkylation sites (tertiary alicyclic amines) is 1.